The van der Waals surface area contributed by atoms with Crippen molar-refractivity contribution < 1.29 is 4.79 Å². The lowest BCUT2D eigenvalue weighted by atomic mass is 10.3. The molecule has 16 heavy (non-hydrogen) atoms. The van der Waals surface area contributed by atoms with Gasteiger partial charge in [-0.2, -0.15) is 0 Å². The monoisotopic (exact) mass is 215 g/mol. The van der Waals surface area contributed by atoms with Crippen molar-refractivity contribution in [3.63, 3.8) is 0 Å². The Morgan fingerprint density at radius 2 is 2.00 bits per heavy atom. The van der Waals surface area contributed by atoms with Gasteiger partial charge in [0.25, 0.3) is 5.91 Å². The molecule has 2 heterocycles. The number of nitrogens with zero attached hydrogens (tertiary/aromatic N) is 3. The number of pyridine rings is 1. The van der Waals surface area contributed by atoms with Gasteiger partial charge in [-0.25, -0.2) is 15.0 Å². The molecular formula is C10H9N5O. The van der Waals surface area contributed by atoms with E-state index in [1.807, 2.05) is 0 Å². The van der Waals surface area contributed by atoms with Gasteiger partial charge in [-0.3, -0.25) is 4.79 Å². The number of hydrogen-bond acceptors (Lipinski definition) is 5. The summed E-state index contributed by atoms with van der Waals surface area (Å²) in [6, 6.07) is 4.86. The summed E-state index contributed by atoms with van der Waals surface area (Å²) >= 11 is 0. The van der Waals surface area contributed by atoms with E-state index in [2.05, 4.69) is 20.3 Å². The molecule has 0 unspecified atom stereocenters. The van der Waals surface area contributed by atoms with Gasteiger partial charge in [0.15, 0.2) is 0 Å². The maximum Gasteiger partial charge on any atom is 0.274 e. The quantitative estimate of drug-likeness (QED) is 0.769. The van der Waals surface area contributed by atoms with Gasteiger partial charge in [-0.05, 0) is 12.1 Å². The molecule has 0 saturated heterocycles. The number of carbonyl (C=O) groups excluding carboxylic acids is 1. The van der Waals surface area contributed by atoms with Crippen LogP contribution in [0.25, 0.3) is 0 Å². The van der Waals surface area contributed by atoms with Crippen molar-refractivity contribution in [3.8, 4) is 0 Å². The van der Waals surface area contributed by atoms with Gasteiger partial charge in [0.05, 0.1) is 18.1 Å². The SMILES string of the molecule is Nc1cccc(C(=O)Nc2cncnc2)n1. The van der Waals surface area contributed by atoms with E-state index >= 15 is 0 Å². The number of aromatic nitrogens is 3. The van der Waals surface area contributed by atoms with Crippen molar-refractivity contribution in [3.05, 3.63) is 42.6 Å². The van der Waals surface area contributed by atoms with E-state index in [1.165, 1.54) is 18.7 Å². The van der Waals surface area contributed by atoms with Crippen molar-refractivity contribution in [1.29, 1.82) is 0 Å². The van der Waals surface area contributed by atoms with Gasteiger partial charge in [0.2, 0.25) is 0 Å². The summed E-state index contributed by atoms with van der Waals surface area (Å²) in [4.78, 5) is 23.1. The molecular weight excluding hydrogens is 206 g/mol. The van der Waals surface area contributed by atoms with E-state index in [1.54, 1.807) is 18.2 Å². The number of amides is 1. The molecule has 3 N–H and O–H groups in total. The lowest BCUT2D eigenvalue weighted by Crippen LogP contribution is -2.14. The van der Waals surface area contributed by atoms with Crippen LogP contribution in [0.4, 0.5) is 11.5 Å². The molecule has 1 amide bonds. The zero-order valence-corrected chi connectivity index (χ0v) is 8.29. The highest BCUT2D eigenvalue weighted by molar-refractivity contribution is 6.02. The van der Waals surface area contributed by atoms with E-state index in [0.717, 1.165) is 0 Å². The molecule has 80 valence electrons. The minimum absolute atomic E-state index is 0.254. The fourth-order valence-electron chi connectivity index (χ4n) is 1.14. The van der Waals surface area contributed by atoms with E-state index in [4.69, 9.17) is 5.73 Å². The van der Waals surface area contributed by atoms with Crippen molar-refractivity contribution in [2.45, 2.75) is 0 Å². The molecule has 0 aliphatic carbocycles. The van der Waals surface area contributed by atoms with Crippen LogP contribution in [0, 0.1) is 0 Å². The Bertz CT molecular complexity index is 500. The summed E-state index contributed by atoms with van der Waals surface area (Å²) in [5.41, 5.74) is 6.24. The van der Waals surface area contributed by atoms with E-state index in [9.17, 15) is 4.79 Å². The predicted molar refractivity (Wildman–Crippen MR) is 58.6 cm³/mol. The standard InChI is InChI=1S/C10H9N5O/c11-9-3-1-2-8(15-9)10(16)14-7-4-12-6-13-5-7/h1-6H,(H2,11,15)(H,14,16). The first-order chi connectivity index (χ1) is 7.75. The number of nitrogens with one attached hydrogen (secondary N) is 1. The maximum absolute atomic E-state index is 11.7. The van der Waals surface area contributed by atoms with Crippen molar-refractivity contribution in [2.24, 2.45) is 0 Å². The van der Waals surface area contributed by atoms with Gasteiger partial charge >= 0.3 is 0 Å². The van der Waals surface area contributed by atoms with E-state index in [0.29, 0.717) is 11.5 Å². The van der Waals surface area contributed by atoms with Crippen LogP contribution in [0.1, 0.15) is 10.5 Å². The molecule has 0 atom stereocenters. The van der Waals surface area contributed by atoms with Crippen LogP contribution < -0.4 is 11.1 Å². The zero-order chi connectivity index (χ0) is 11.4. The Morgan fingerprint density at radius 1 is 1.25 bits per heavy atom. The summed E-state index contributed by atoms with van der Waals surface area (Å²) < 4.78 is 0. The Hall–Kier alpha value is -2.50. The van der Waals surface area contributed by atoms with Gasteiger partial charge in [0, 0.05) is 0 Å². The molecule has 0 spiro atoms. The molecule has 2 rings (SSSR count). The maximum atomic E-state index is 11.7. The Morgan fingerprint density at radius 3 is 2.69 bits per heavy atom. The van der Waals surface area contributed by atoms with Crippen LogP contribution >= 0.6 is 0 Å². The molecule has 0 aromatic carbocycles. The summed E-state index contributed by atoms with van der Waals surface area (Å²) in [6.45, 7) is 0. The second kappa shape index (κ2) is 4.35. The smallest absolute Gasteiger partial charge is 0.274 e. The van der Waals surface area contributed by atoms with Crippen LogP contribution in [0.2, 0.25) is 0 Å². The third-order valence-corrected chi connectivity index (χ3v) is 1.82. The Balaban J connectivity index is 2.15. The highest BCUT2D eigenvalue weighted by Gasteiger charge is 2.07. The van der Waals surface area contributed by atoms with Gasteiger partial charge in [-0.1, -0.05) is 6.07 Å². The van der Waals surface area contributed by atoms with Gasteiger partial charge in [-0.15, -0.1) is 0 Å². The first kappa shape index (κ1) is 10.0. The number of hydrogen-bond donors (Lipinski definition) is 2. The molecule has 0 saturated carbocycles. The number of nitrogen functional groups attached to an aromatic ring is 1. The number of nitrogens with two attached hydrogens (primary N) is 1. The average molecular weight is 215 g/mol. The molecule has 0 radical (unpaired) electrons. The molecule has 2 aromatic heterocycles. The average Bonchev–Trinajstić information content (AvgIpc) is 2.30. The highest BCUT2D eigenvalue weighted by Crippen LogP contribution is 2.05. The Kier molecular flexibility index (Phi) is 2.73. The lowest BCUT2D eigenvalue weighted by Gasteiger charge is -2.03. The number of rotatable bonds is 2. The number of anilines is 2. The van der Waals surface area contributed by atoms with E-state index < -0.39 is 0 Å². The highest BCUT2D eigenvalue weighted by atomic mass is 16.1. The normalized spacial score (nSPS) is 9.75. The molecule has 0 bridgehead atoms. The van der Waals surface area contributed by atoms with Crippen LogP contribution in [0.5, 0.6) is 0 Å². The molecule has 0 aliphatic heterocycles. The lowest BCUT2D eigenvalue weighted by molar-refractivity contribution is 0.102. The van der Waals surface area contributed by atoms with Crippen LogP contribution in [-0.2, 0) is 0 Å². The minimum Gasteiger partial charge on any atom is -0.384 e. The number of carbonyl (C=O) groups is 1. The zero-order valence-electron chi connectivity index (χ0n) is 8.29. The fourth-order valence-corrected chi connectivity index (χ4v) is 1.14. The molecule has 0 aliphatic rings. The summed E-state index contributed by atoms with van der Waals surface area (Å²) in [5, 5.41) is 2.60. The fraction of sp³-hybridized carbons (Fsp3) is 0. The second-order valence-corrected chi connectivity index (χ2v) is 3.03. The van der Waals surface area contributed by atoms with Crippen molar-refractivity contribution in [1.82, 2.24) is 15.0 Å². The molecule has 6 heteroatoms. The molecule has 0 fully saturated rings. The molecule has 6 nitrogen and oxygen atoms in total. The summed E-state index contributed by atoms with van der Waals surface area (Å²) in [6.07, 6.45) is 4.38. The largest absolute Gasteiger partial charge is 0.384 e. The van der Waals surface area contributed by atoms with Crippen molar-refractivity contribution in [2.75, 3.05) is 11.1 Å². The first-order valence-corrected chi connectivity index (χ1v) is 4.54. The first-order valence-electron chi connectivity index (χ1n) is 4.54. The second-order valence-electron chi connectivity index (χ2n) is 3.03. The van der Waals surface area contributed by atoms with Crippen LogP contribution in [-0.4, -0.2) is 20.9 Å². The summed E-state index contributed by atoms with van der Waals surface area (Å²) in [5.74, 6) is -0.0425. The van der Waals surface area contributed by atoms with E-state index in [-0.39, 0.29) is 11.6 Å². The summed E-state index contributed by atoms with van der Waals surface area (Å²) in [7, 11) is 0. The van der Waals surface area contributed by atoms with Gasteiger partial charge < -0.3 is 11.1 Å². The predicted octanol–water partition coefficient (Wildman–Crippen LogP) is 0.706. The Labute approximate surface area is 91.6 Å². The molecule has 2 aromatic rings. The third-order valence-electron chi connectivity index (χ3n) is 1.82. The van der Waals surface area contributed by atoms with Crippen molar-refractivity contribution >= 4 is 17.4 Å². The van der Waals surface area contributed by atoms with Crippen LogP contribution in [0.3, 0.4) is 0 Å². The third kappa shape index (κ3) is 2.30. The van der Waals surface area contributed by atoms with Gasteiger partial charge in [0.1, 0.15) is 17.8 Å². The van der Waals surface area contributed by atoms with Crippen LogP contribution in [0.15, 0.2) is 36.9 Å². The minimum atomic E-state index is -0.345. The topological polar surface area (TPSA) is 93.8 Å².